The minimum atomic E-state index is -0.389. The zero-order chi connectivity index (χ0) is 7.44. The molecule has 0 spiro atoms. The molecule has 8 heteroatoms. The van der Waals surface area contributed by atoms with Gasteiger partial charge in [0.1, 0.15) is 7.57 Å². The zero-order valence-corrected chi connectivity index (χ0v) is 11.0. The molecule has 0 aromatic rings. The van der Waals surface area contributed by atoms with Crippen molar-refractivity contribution in [3.05, 3.63) is 0 Å². The summed E-state index contributed by atoms with van der Waals surface area (Å²) in [7, 11) is 10.8. The molecular weight excluding hydrogens is 225 g/mol. The molecule has 0 aliphatic heterocycles. The Kier molecular flexibility index (Phi) is 7.94. The second kappa shape index (κ2) is 6.16. The summed E-state index contributed by atoms with van der Waals surface area (Å²) in [5.41, 5.74) is 0. The Bertz CT molecular complexity index is 67.5. The van der Waals surface area contributed by atoms with Gasteiger partial charge in [-0.1, -0.05) is 0 Å². The van der Waals surface area contributed by atoms with Crippen LogP contribution >= 0.6 is 47.8 Å². The van der Waals surface area contributed by atoms with Crippen LogP contribution in [0, 0.1) is 0 Å². The number of hydrogen-bond acceptors (Lipinski definition) is 1. The van der Waals surface area contributed by atoms with Crippen molar-refractivity contribution < 1.29 is 4.89 Å². The third kappa shape index (κ3) is 4.94. The van der Waals surface area contributed by atoms with Gasteiger partial charge in [0.25, 0.3) is 0 Å². The monoisotopic (exact) mass is 234 g/mol. The molecule has 0 amide bonds. The maximum Gasteiger partial charge on any atom is 0.115 e. The van der Waals surface area contributed by atoms with E-state index in [0.717, 1.165) is 0 Å². The molecule has 0 heterocycles. The van der Waals surface area contributed by atoms with Crippen LogP contribution in [0.25, 0.3) is 0 Å². The highest BCUT2D eigenvalue weighted by atomic mass is 33.0. The van der Waals surface area contributed by atoms with Crippen LogP contribution in [0.3, 0.4) is 0 Å². The summed E-state index contributed by atoms with van der Waals surface area (Å²) in [5, 5.41) is 0. The molecule has 5 atom stereocenters. The van der Waals surface area contributed by atoms with Crippen LogP contribution in [0.2, 0.25) is 0 Å². The van der Waals surface area contributed by atoms with Crippen molar-refractivity contribution in [1.82, 2.24) is 0 Å². The first kappa shape index (κ1) is 11.6. The summed E-state index contributed by atoms with van der Waals surface area (Å²) in [6.07, 6.45) is 0. The topological polar surface area (TPSA) is 20.2 Å². The minimum absolute atomic E-state index is 0.0653. The van der Waals surface area contributed by atoms with Crippen molar-refractivity contribution in [2.45, 2.75) is 0 Å². The average Bonchev–Trinajstić information content (AvgIpc) is 1.64. The predicted molar refractivity (Wildman–Crippen MR) is 62.4 cm³/mol. The van der Waals surface area contributed by atoms with E-state index in [1.165, 1.54) is 0 Å². The zero-order valence-electron chi connectivity index (χ0n) is 5.02. The highest BCUT2D eigenvalue weighted by Gasteiger charge is 2.14. The number of rotatable bonds is 3. The van der Waals surface area contributed by atoms with Crippen LogP contribution in [0.4, 0.5) is 0 Å². The molecular formula is CH9BOP6. The Morgan fingerprint density at radius 1 is 1.56 bits per heavy atom. The lowest BCUT2D eigenvalue weighted by Crippen LogP contribution is -1.56. The molecule has 0 aromatic heterocycles. The Morgan fingerprint density at radius 3 is 2.00 bits per heavy atom. The van der Waals surface area contributed by atoms with E-state index in [1.807, 2.05) is 6.66 Å². The van der Waals surface area contributed by atoms with Gasteiger partial charge in [0, 0.05) is 8.50 Å². The Morgan fingerprint density at radius 2 is 2.00 bits per heavy atom. The van der Waals surface area contributed by atoms with Gasteiger partial charge in [-0.15, -0.1) is 25.3 Å². The Balaban J connectivity index is 3.68. The van der Waals surface area contributed by atoms with Crippen LogP contribution in [0.1, 0.15) is 0 Å². The molecule has 1 N–H and O–H groups in total. The van der Waals surface area contributed by atoms with Gasteiger partial charge in [-0.05, 0) is 20.6 Å². The van der Waals surface area contributed by atoms with E-state index < -0.39 is 0 Å². The lowest BCUT2D eigenvalue weighted by Gasteiger charge is -2.22. The van der Waals surface area contributed by atoms with E-state index >= 15 is 0 Å². The molecule has 0 rings (SSSR count). The van der Waals surface area contributed by atoms with Crippen LogP contribution < -0.4 is 0 Å². The van der Waals surface area contributed by atoms with Gasteiger partial charge in [0.2, 0.25) is 0 Å². The summed E-state index contributed by atoms with van der Waals surface area (Å²) in [6.45, 7) is 1.62. The van der Waals surface area contributed by atoms with Gasteiger partial charge in [0.05, 0.1) is 0 Å². The fourth-order valence-corrected chi connectivity index (χ4v) is 19.3. The first-order valence-electron chi connectivity index (χ1n) is 2.07. The van der Waals surface area contributed by atoms with E-state index in [4.69, 9.17) is 12.5 Å². The largest absolute Gasteiger partial charge is 0.372 e. The highest BCUT2D eigenvalue weighted by Crippen LogP contribution is 2.97. The van der Waals surface area contributed by atoms with E-state index in [0.29, 0.717) is 0 Å². The van der Waals surface area contributed by atoms with Gasteiger partial charge in [0.15, 0.2) is 0 Å². The summed E-state index contributed by atoms with van der Waals surface area (Å²) in [6, 6.07) is 0. The molecule has 0 aromatic carbocycles. The SMILES string of the molecule is [B]P(C)P(PO)P(P)P. The number of hydrogen-bond donors (Lipinski definition) is 1. The fourth-order valence-electron chi connectivity index (χ4n) is 0.285. The second-order valence-electron chi connectivity index (χ2n) is 1.34. The molecule has 0 aliphatic carbocycles. The molecule has 0 bridgehead atoms. The Hall–Kier alpha value is 2.60. The summed E-state index contributed by atoms with van der Waals surface area (Å²) < 4.78 is 0. The van der Waals surface area contributed by atoms with Gasteiger partial charge >= 0.3 is 0 Å². The molecule has 0 aliphatic rings. The van der Waals surface area contributed by atoms with Crippen molar-refractivity contribution in [3.63, 3.8) is 0 Å². The standard InChI is InChI=1S/CH9BOP6/c1-7(2)9(6-3)8(4)5/h3,6H,4-5H2,1H3. The van der Waals surface area contributed by atoms with Crippen molar-refractivity contribution in [1.29, 1.82) is 0 Å². The van der Waals surface area contributed by atoms with E-state index in [2.05, 4.69) is 17.9 Å². The second-order valence-corrected chi connectivity index (χ2v) is 22.6. The fraction of sp³-hybridized carbons (Fsp3) is 1.00. The van der Waals surface area contributed by atoms with E-state index in [1.54, 1.807) is 0 Å². The molecule has 2 radical (unpaired) electrons. The molecule has 9 heavy (non-hydrogen) atoms. The normalized spacial score (nSPS) is 19.2. The summed E-state index contributed by atoms with van der Waals surface area (Å²) in [4.78, 5) is 8.85. The van der Waals surface area contributed by atoms with E-state index in [-0.39, 0.29) is 30.0 Å². The molecule has 5 unspecified atom stereocenters. The first-order valence-corrected chi connectivity index (χ1v) is 13.0. The molecule has 1 nitrogen and oxygen atoms in total. The third-order valence-electron chi connectivity index (χ3n) is 0.607. The Labute approximate surface area is 67.3 Å². The van der Waals surface area contributed by atoms with Crippen LogP contribution in [0.15, 0.2) is 0 Å². The van der Waals surface area contributed by atoms with Crippen molar-refractivity contribution in [2.24, 2.45) is 0 Å². The first-order chi connectivity index (χ1) is 4.09. The quantitative estimate of drug-likeness (QED) is 0.587. The smallest absolute Gasteiger partial charge is 0.115 e. The highest BCUT2D eigenvalue weighted by molar-refractivity contribution is 8.98. The lowest BCUT2D eigenvalue weighted by atomic mass is 10.8. The van der Waals surface area contributed by atoms with Gasteiger partial charge in [-0.25, -0.2) is 0 Å². The molecule has 0 saturated heterocycles. The van der Waals surface area contributed by atoms with Crippen molar-refractivity contribution in [3.8, 4) is 0 Å². The molecule has 0 saturated carbocycles. The third-order valence-corrected chi connectivity index (χ3v) is 28.2. The maximum atomic E-state index is 8.85. The van der Waals surface area contributed by atoms with Gasteiger partial charge < -0.3 is 4.89 Å². The average molecular weight is 234 g/mol. The van der Waals surface area contributed by atoms with Crippen LogP contribution in [-0.2, 0) is 0 Å². The molecule has 52 valence electrons. The summed E-state index contributed by atoms with van der Waals surface area (Å²) in [5.74, 6) is 0. The van der Waals surface area contributed by atoms with Gasteiger partial charge in [-0.2, -0.15) is 0 Å². The van der Waals surface area contributed by atoms with Gasteiger partial charge in [-0.3, -0.25) is 0 Å². The van der Waals surface area contributed by atoms with Crippen molar-refractivity contribution >= 4 is 55.4 Å². The maximum absolute atomic E-state index is 8.85. The molecule has 0 fully saturated rings. The predicted octanol–water partition coefficient (Wildman–Crippen LogP) is 3.06. The van der Waals surface area contributed by atoms with Crippen LogP contribution in [-0.4, -0.2) is 19.1 Å². The van der Waals surface area contributed by atoms with Crippen LogP contribution in [0.5, 0.6) is 0 Å². The lowest BCUT2D eigenvalue weighted by molar-refractivity contribution is 0.660. The minimum Gasteiger partial charge on any atom is -0.372 e. The van der Waals surface area contributed by atoms with Crippen molar-refractivity contribution in [2.75, 3.05) is 6.66 Å². The van der Waals surface area contributed by atoms with E-state index in [9.17, 15) is 0 Å². The summed E-state index contributed by atoms with van der Waals surface area (Å²) >= 11 is 0.